The number of nitrogens with one attached hydrogen (secondary N) is 1. The van der Waals surface area contributed by atoms with Crippen LogP contribution in [0.1, 0.15) is 11.1 Å². The van der Waals surface area contributed by atoms with Crippen molar-refractivity contribution in [2.75, 3.05) is 5.32 Å². The van der Waals surface area contributed by atoms with Gasteiger partial charge in [-0.15, -0.1) is 0 Å². The molecule has 2 aromatic rings. The van der Waals surface area contributed by atoms with E-state index in [1.54, 1.807) is 13.0 Å². The molecule has 3 N–H and O–H groups in total. The van der Waals surface area contributed by atoms with Crippen molar-refractivity contribution in [2.24, 2.45) is 5.73 Å². The third-order valence-corrected chi connectivity index (χ3v) is 3.32. The van der Waals surface area contributed by atoms with Gasteiger partial charge in [0.1, 0.15) is 16.5 Å². The van der Waals surface area contributed by atoms with Crippen molar-refractivity contribution in [2.45, 2.75) is 6.92 Å². The van der Waals surface area contributed by atoms with E-state index in [-0.39, 0.29) is 16.5 Å². The summed E-state index contributed by atoms with van der Waals surface area (Å²) in [6.07, 6.45) is 1.51. The van der Waals surface area contributed by atoms with Gasteiger partial charge in [-0.2, -0.15) is 0 Å². The summed E-state index contributed by atoms with van der Waals surface area (Å²) in [5.41, 5.74) is 6.56. The Balaban J connectivity index is 2.51. The third kappa shape index (κ3) is 2.94. The lowest BCUT2D eigenvalue weighted by Crippen LogP contribution is -2.15. The number of aryl methyl sites for hydroxylation is 1. The van der Waals surface area contributed by atoms with Gasteiger partial charge in [0.25, 0.3) is 0 Å². The summed E-state index contributed by atoms with van der Waals surface area (Å²) in [4.78, 5) is 4.14. The predicted octanol–water partition coefficient (Wildman–Crippen LogP) is 3.81. The van der Waals surface area contributed by atoms with E-state index in [1.807, 2.05) is 0 Å². The van der Waals surface area contributed by atoms with Gasteiger partial charge in [0, 0.05) is 10.7 Å². The first-order valence-corrected chi connectivity index (χ1v) is 6.77. The fraction of sp³-hybridized carbons (Fsp3) is 0.0769. The van der Waals surface area contributed by atoms with E-state index < -0.39 is 11.6 Å². The fourth-order valence-corrected chi connectivity index (χ4v) is 2.40. The van der Waals surface area contributed by atoms with E-state index in [2.05, 4.69) is 26.2 Å². The van der Waals surface area contributed by atoms with Gasteiger partial charge in [-0.05, 0) is 30.7 Å². The number of halogens is 3. The average molecular weight is 358 g/mol. The number of pyridine rings is 1. The predicted molar refractivity (Wildman–Crippen MR) is 82.2 cm³/mol. The van der Waals surface area contributed by atoms with E-state index in [4.69, 9.17) is 18.0 Å². The summed E-state index contributed by atoms with van der Waals surface area (Å²) in [6.45, 7) is 1.79. The molecular weight excluding hydrogens is 348 g/mol. The second kappa shape index (κ2) is 5.80. The van der Waals surface area contributed by atoms with Gasteiger partial charge in [0.2, 0.25) is 0 Å². The van der Waals surface area contributed by atoms with Gasteiger partial charge in [-0.1, -0.05) is 28.1 Å². The Hall–Kier alpha value is -1.60. The second-order valence-corrected chi connectivity index (χ2v) is 5.44. The lowest BCUT2D eigenvalue weighted by atomic mass is 10.1. The minimum Gasteiger partial charge on any atom is -0.389 e. The quantitative estimate of drug-likeness (QED) is 0.820. The molecule has 0 aliphatic rings. The maximum absolute atomic E-state index is 13.8. The van der Waals surface area contributed by atoms with Crippen molar-refractivity contribution in [1.29, 1.82) is 0 Å². The van der Waals surface area contributed by atoms with Crippen molar-refractivity contribution in [3.8, 4) is 0 Å². The maximum atomic E-state index is 13.8. The summed E-state index contributed by atoms with van der Waals surface area (Å²) in [5, 5.41) is 2.61. The smallest absolute Gasteiger partial charge is 0.150 e. The molecule has 20 heavy (non-hydrogen) atoms. The zero-order chi connectivity index (χ0) is 14.9. The number of nitrogens with two attached hydrogens (primary N) is 1. The van der Waals surface area contributed by atoms with Crippen LogP contribution in [-0.2, 0) is 0 Å². The van der Waals surface area contributed by atoms with E-state index in [1.165, 1.54) is 6.20 Å². The fourth-order valence-electron chi connectivity index (χ4n) is 1.74. The summed E-state index contributed by atoms with van der Waals surface area (Å²) in [5.74, 6) is -1.26. The van der Waals surface area contributed by atoms with E-state index in [0.29, 0.717) is 10.0 Å². The minimum absolute atomic E-state index is 0.107. The summed E-state index contributed by atoms with van der Waals surface area (Å²) >= 11 is 7.96. The molecule has 1 aromatic carbocycles. The zero-order valence-electron chi connectivity index (χ0n) is 10.4. The number of benzene rings is 1. The number of aromatic nitrogens is 1. The Morgan fingerprint density at radius 2 is 1.95 bits per heavy atom. The first-order chi connectivity index (χ1) is 9.40. The molecule has 0 spiro atoms. The number of anilines is 2. The molecule has 0 atom stereocenters. The Kier molecular flexibility index (Phi) is 4.29. The van der Waals surface area contributed by atoms with Crippen molar-refractivity contribution in [3.63, 3.8) is 0 Å². The number of hydrogen-bond acceptors (Lipinski definition) is 3. The highest BCUT2D eigenvalue weighted by Crippen LogP contribution is 2.28. The van der Waals surface area contributed by atoms with Gasteiger partial charge in [-0.3, -0.25) is 0 Å². The van der Waals surface area contributed by atoms with Gasteiger partial charge < -0.3 is 11.1 Å². The van der Waals surface area contributed by atoms with Gasteiger partial charge >= 0.3 is 0 Å². The van der Waals surface area contributed by atoms with E-state index in [9.17, 15) is 8.78 Å². The lowest BCUT2D eigenvalue weighted by molar-refractivity contribution is 0.589. The molecule has 0 aliphatic heterocycles. The SMILES string of the molecule is Cc1ccnc(Nc2c(F)cc(Br)cc2F)c1C(N)=S. The van der Waals surface area contributed by atoms with Crippen LogP contribution in [0.2, 0.25) is 0 Å². The summed E-state index contributed by atoms with van der Waals surface area (Å²) in [7, 11) is 0. The molecule has 104 valence electrons. The number of hydrogen-bond donors (Lipinski definition) is 2. The lowest BCUT2D eigenvalue weighted by Gasteiger charge is -2.13. The third-order valence-electron chi connectivity index (χ3n) is 2.66. The molecule has 2 rings (SSSR count). The molecule has 0 fully saturated rings. The average Bonchev–Trinajstić information content (AvgIpc) is 2.33. The molecule has 1 aromatic heterocycles. The standard InChI is InChI=1S/C13H10BrF2N3S/c1-6-2-3-18-13(10(6)12(17)20)19-11-8(15)4-7(14)5-9(11)16/h2-5H,1H3,(H2,17,20)(H,18,19). The number of nitrogens with zero attached hydrogens (tertiary/aromatic N) is 1. The van der Waals surface area contributed by atoms with Crippen LogP contribution in [0.3, 0.4) is 0 Å². The molecule has 0 saturated heterocycles. The van der Waals surface area contributed by atoms with Crippen LogP contribution in [0.25, 0.3) is 0 Å². The highest BCUT2D eigenvalue weighted by Gasteiger charge is 2.15. The highest BCUT2D eigenvalue weighted by atomic mass is 79.9. The first kappa shape index (κ1) is 14.8. The molecule has 1 heterocycles. The second-order valence-electron chi connectivity index (χ2n) is 4.09. The van der Waals surface area contributed by atoms with Crippen LogP contribution in [-0.4, -0.2) is 9.97 Å². The Bertz CT molecular complexity index is 668. The molecule has 0 bridgehead atoms. The molecule has 0 unspecified atom stereocenters. The zero-order valence-corrected chi connectivity index (χ0v) is 12.8. The molecule has 0 aliphatic carbocycles. The van der Waals surface area contributed by atoms with Gasteiger partial charge in [0.15, 0.2) is 11.6 Å². The Morgan fingerprint density at radius 3 is 2.50 bits per heavy atom. The van der Waals surface area contributed by atoms with Crippen LogP contribution in [0, 0.1) is 18.6 Å². The first-order valence-electron chi connectivity index (χ1n) is 5.57. The number of rotatable bonds is 3. The topological polar surface area (TPSA) is 50.9 Å². The summed E-state index contributed by atoms with van der Waals surface area (Å²) in [6, 6.07) is 4.03. The molecule has 3 nitrogen and oxygen atoms in total. The molecule has 0 radical (unpaired) electrons. The van der Waals surface area contributed by atoms with Crippen molar-refractivity contribution >= 4 is 44.6 Å². The van der Waals surface area contributed by atoms with Crippen LogP contribution in [0.5, 0.6) is 0 Å². The van der Waals surface area contributed by atoms with Gasteiger partial charge in [-0.25, -0.2) is 13.8 Å². The highest BCUT2D eigenvalue weighted by molar-refractivity contribution is 9.10. The Labute approximate surface area is 128 Å². The van der Waals surface area contributed by atoms with Crippen LogP contribution >= 0.6 is 28.1 Å². The molecular formula is C13H10BrF2N3S. The van der Waals surface area contributed by atoms with Crippen LogP contribution in [0.4, 0.5) is 20.3 Å². The monoisotopic (exact) mass is 357 g/mol. The normalized spacial score (nSPS) is 10.4. The Morgan fingerprint density at radius 1 is 1.35 bits per heavy atom. The molecule has 0 amide bonds. The van der Waals surface area contributed by atoms with Crippen molar-refractivity contribution in [3.05, 3.63) is 51.6 Å². The molecule has 7 heteroatoms. The molecule has 0 saturated carbocycles. The summed E-state index contributed by atoms with van der Waals surface area (Å²) < 4.78 is 27.9. The maximum Gasteiger partial charge on any atom is 0.150 e. The van der Waals surface area contributed by atoms with Crippen LogP contribution < -0.4 is 11.1 Å². The van der Waals surface area contributed by atoms with Crippen molar-refractivity contribution < 1.29 is 8.78 Å². The van der Waals surface area contributed by atoms with E-state index in [0.717, 1.165) is 17.7 Å². The van der Waals surface area contributed by atoms with Gasteiger partial charge in [0.05, 0.1) is 5.56 Å². The number of thiocarbonyl (C=S) groups is 1. The minimum atomic E-state index is -0.742. The van der Waals surface area contributed by atoms with E-state index >= 15 is 0 Å². The largest absolute Gasteiger partial charge is 0.389 e. The van der Waals surface area contributed by atoms with Crippen molar-refractivity contribution in [1.82, 2.24) is 4.98 Å². The van der Waals surface area contributed by atoms with Crippen LogP contribution in [0.15, 0.2) is 28.9 Å².